The van der Waals surface area contributed by atoms with Crippen LogP contribution in [0.5, 0.6) is 0 Å². The van der Waals surface area contributed by atoms with Gasteiger partial charge in [-0.3, -0.25) is 4.79 Å². The minimum Gasteiger partial charge on any atom is -0.300 e. The molecule has 0 aromatic carbocycles. The van der Waals surface area contributed by atoms with Gasteiger partial charge < -0.3 is 4.79 Å². The fourth-order valence-corrected chi connectivity index (χ4v) is 0.806. The summed E-state index contributed by atoms with van der Waals surface area (Å²) in [5.74, 6) is 0.0916. The lowest BCUT2D eigenvalue weighted by Gasteiger charge is -1.92. The van der Waals surface area contributed by atoms with Crippen LogP contribution in [-0.2, 0) is 9.59 Å². The molecule has 0 unspecified atom stereocenters. The molecule has 2 nitrogen and oxygen atoms in total. The number of Topliss-reactive ketones (excluding diaryl/α,β-unsaturated/α-hetero) is 1. The molecule has 0 fully saturated rings. The van der Waals surface area contributed by atoms with E-state index in [0.717, 1.165) is 0 Å². The Morgan fingerprint density at radius 3 is 2.45 bits per heavy atom. The fraction of sp³-hybridized carbons (Fsp3) is 0.500. The van der Waals surface area contributed by atoms with Crippen LogP contribution in [-0.4, -0.2) is 11.6 Å². The van der Waals surface area contributed by atoms with E-state index in [1.807, 2.05) is 0 Å². The summed E-state index contributed by atoms with van der Waals surface area (Å²) >= 11 is 5.17. The molecule has 0 amide bonds. The normalized spacial score (nSPS) is 10.4. The molecule has 0 radical (unpaired) electrons. The SMILES string of the molecule is CC(=O)CCCC(=O)C=CCl. The molecule has 0 saturated carbocycles. The molecule has 0 aromatic heterocycles. The molecule has 11 heavy (non-hydrogen) atoms. The van der Waals surface area contributed by atoms with Gasteiger partial charge in [-0.1, -0.05) is 11.6 Å². The predicted molar refractivity (Wildman–Crippen MR) is 44.5 cm³/mol. The van der Waals surface area contributed by atoms with Gasteiger partial charge in [-0.05, 0) is 19.4 Å². The standard InChI is InChI=1S/C8H11ClO2/c1-7(10)3-2-4-8(11)5-6-9/h5-6H,2-4H2,1H3. The average Bonchev–Trinajstić information content (AvgIpc) is 1.87. The summed E-state index contributed by atoms with van der Waals surface area (Å²) in [6.07, 6.45) is 2.81. The highest BCUT2D eigenvalue weighted by atomic mass is 35.5. The number of ketones is 2. The smallest absolute Gasteiger partial charge is 0.156 e. The molecular weight excluding hydrogens is 164 g/mol. The molecule has 3 heteroatoms. The Morgan fingerprint density at radius 1 is 1.36 bits per heavy atom. The fourth-order valence-electron chi connectivity index (χ4n) is 0.665. The number of allylic oxidation sites excluding steroid dienone is 1. The maximum Gasteiger partial charge on any atom is 0.156 e. The molecule has 0 saturated heterocycles. The summed E-state index contributed by atoms with van der Waals surface area (Å²) in [6, 6.07) is 0. The lowest BCUT2D eigenvalue weighted by Crippen LogP contribution is -1.95. The van der Waals surface area contributed by atoms with Crippen LogP contribution >= 0.6 is 11.6 Å². The van der Waals surface area contributed by atoms with Gasteiger partial charge in [-0.25, -0.2) is 0 Å². The van der Waals surface area contributed by atoms with Crippen LogP contribution in [0.1, 0.15) is 26.2 Å². The number of carbonyl (C=O) groups excluding carboxylic acids is 2. The second kappa shape index (κ2) is 6.10. The molecule has 0 heterocycles. The minimum absolute atomic E-state index is 0.0266. The lowest BCUT2D eigenvalue weighted by molar-refractivity contribution is -0.117. The van der Waals surface area contributed by atoms with Gasteiger partial charge >= 0.3 is 0 Å². The zero-order valence-electron chi connectivity index (χ0n) is 6.47. The first-order valence-corrected chi connectivity index (χ1v) is 3.89. The Balaban J connectivity index is 3.39. The molecule has 0 aliphatic carbocycles. The van der Waals surface area contributed by atoms with Gasteiger partial charge in [0.2, 0.25) is 0 Å². The second-order valence-corrected chi connectivity index (χ2v) is 2.57. The van der Waals surface area contributed by atoms with Crippen molar-refractivity contribution >= 4 is 23.2 Å². The van der Waals surface area contributed by atoms with Crippen molar-refractivity contribution in [3.63, 3.8) is 0 Å². The lowest BCUT2D eigenvalue weighted by atomic mass is 10.1. The van der Waals surface area contributed by atoms with E-state index in [0.29, 0.717) is 19.3 Å². The summed E-state index contributed by atoms with van der Waals surface area (Å²) < 4.78 is 0. The predicted octanol–water partition coefficient (Wildman–Crippen LogP) is 2.07. The van der Waals surface area contributed by atoms with Crippen LogP contribution < -0.4 is 0 Å². The van der Waals surface area contributed by atoms with Crippen LogP contribution in [0.25, 0.3) is 0 Å². The Kier molecular flexibility index (Phi) is 5.75. The first-order chi connectivity index (χ1) is 5.16. The van der Waals surface area contributed by atoms with Crippen LogP contribution in [0.4, 0.5) is 0 Å². The summed E-state index contributed by atoms with van der Waals surface area (Å²) in [5, 5.41) is 0. The van der Waals surface area contributed by atoms with Gasteiger partial charge in [-0.2, -0.15) is 0 Å². The molecule has 0 N–H and O–H groups in total. The summed E-state index contributed by atoms with van der Waals surface area (Å²) in [5.41, 5.74) is 1.19. The Bertz CT molecular complexity index is 173. The first-order valence-electron chi connectivity index (χ1n) is 3.46. The van der Waals surface area contributed by atoms with E-state index in [1.165, 1.54) is 18.5 Å². The van der Waals surface area contributed by atoms with Gasteiger partial charge in [-0.15, -0.1) is 0 Å². The van der Waals surface area contributed by atoms with Crippen LogP contribution in [0, 0.1) is 0 Å². The highest BCUT2D eigenvalue weighted by molar-refractivity contribution is 6.26. The minimum atomic E-state index is -0.0266. The third kappa shape index (κ3) is 7.26. The second-order valence-electron chi connectivity index (χ2n) is 2.31. The number of carbonyl (C=O) groups is 2. The molecule has 0 rings (SSSR count). The largest absolute Gasteiger partial charge is 0.300 e. The average molecular weight is 175 g/mol. The molecule has 0 atom stereocenters. The molecule has 0 aliphatic heterocycles. The molecule has 0 aromatic rings. The van der Waals surface area contributed by atoms with Crippen molar-refractivity contribution in [1.29, 1.82) is 0 Å². The topological polar surface area (TPSA) is 34.1 Å². The third-order valence-electron chi connectivity index (χ3n) is 1.20. The highest BCUT2D eigenvalue weighted by Crippen LogP contribution is 1.98. The van der Waals surface area contributed by atoms with E-state index in [4.69, 9.17) is 11.6 Å². The quantitative estimate of drug-likeness (QED) is 0.598. The molecule has 0 bridgehead atoms. The zero-order chi connectivity index (χ0) is 8.69. The Morgan fingerprint density at radius 2 is 2.00 bits per heavy atom. The van der Waals surface area contributed by atoms with Crippen molar-refractivity contribution < 1.29 is 9.59 Å². The first kappa shape index (κ1) is 10.4. The summed E-state index contributed by atoms with van der Waals surface area (Å²) in [4.78, 5) is 21.2. The maximum atomic E-state index is 10.7. The highest BCUT2D eigenvalue weighted by Gasteiger charge is 1.97. The number of rotatable bonds is 5. The van der Waals surface area contributed by atoms with E-state index in [-0.39, 0.29) is 11.6 Å². The van der Waals surface area contributed by atoms with Crippen molar-refractivity contribution in [3.05, 3.63) is 11.6 Å². The van der Waals surface area contributed by atoms with Gasteiger partial charge in [0, 0.05) is 18.4 Å². The van der Waals surface area contributed by atoms with Crippen molar-refractivity contribution in [3.8, 4) is 0 Å². The number of hydrogen-bond donors (Lipinski definition) is 0. The molecule has 0 spiro atoms. The summed E-state index contributed by atoms with van der Waals surface area (Å²) in [7, 11) is 0. The molecule has 0 aliphatic rings. The van der Waals surface area contributed by atoms with Gasteiger partial charge in [0.15, 0.2) is 5.78 Å². The van der Waals surface area contributed by atoms with E-state index in [2.05, 4.69) is 0 Å². The van der Waals surface area contributed by atoms with Crippen molar-refractivity contribution in [2.24, 2.45) is 0 Å². The van der Waals surface area contributed by atoms with Crippen molar-refractivity contribution in [1.82, 2.24) is 0 Å². The van der Waals surface area contributed by atoms with Gasteiger partial charge in [0.25, 0.3) is 0 Å². The Labute approximate surface area is 71.2 Å². The number of halogens is 1. The number of hydrogen-bond acceptors (Lipinski definition) is 2. The third-order valence-corrected chi connectivity index (χ3v) is 1.33. The van der Waals surface area contributed by atoms with Crippen LogP contribution in [0.2, 0.25) is 0 Å². The van der Waals surface area contributed by atoms with E-state index in [1.54, 1.807) is 0 Å². The van der Waals surface area contributed by atoms with Crippen LogP contribution in [0.3, 0.4) is 0 Å². The van der Waals surface area contributed by atoms with Gasteiger partial charge in [0.05, 0.1) is 0 Å². The van der Waals surface area contributed by atoms with Crippen molar-refractivity contribution in [2.75, 3.05) is 0 Å². The molecule has 62 valence electrons. The monoisotopic (exact) mass is 174 g/mol. The molecular formula is C8H11ClO2. The van der Waals surface area contributed by atoms with E-state index in [9.17, 15) is 9.59 Å². The van der Waals surface area contributed by atoms with Crippen LogP contribution in [0.15, 0.2) is 11.6 Å². The maximum absolute atomic E-state index is 10.7. The van der Waals surface area contributed by atoms with E-state index >= 15 is 0 Å². The van der Waals surface area contributed by atoms with E-state index < -0.39 is 0 Å². The zero-order valence-corrected chi connectivity index (χ0v) is 7.23. The van der Waals surface area contributed by atoms with Gasteiger partial charge in [0.1, 0.15) is 5.78 Å². The Hall–Kier alpha value is -0.630. The summed E-state index contributed by atoms with van der Waals surface area (Å²) in [6.45, 7) is 1.52. The van der Waals surface area contributed by atoms with Crippen molar-refractivity contribution in [2.45, 2.75) is 26.2 Å².